The fraction of sp³-hybridized carbons (Fsp3) is 0.882. The highest BCUT2D eigenvalue weighted by atomic mass is 32.2. The van der Waals surface area contributed by atoms with Crippen LogP contribution in [0.5, 0.6) is 0 Å². The van der Waals surface area contributed by atoms with Crippen LogP contribution in [0.15, 0.2) is 4.99 Å². The van der Waals surface area contributed by atoms with Crippen molar-refractivity contribution in [3.8, 4) is 0 Å². The van der Waals surface area contributed by atoms with Gasteiger partial charge in [0.1, 0.15) is 5.60 Å². The Bertz CT molecular complexity index is 402. The number of rotatable bonds is 6. The molecule has 2 N–H and O–H groups in total. The van der Waals surface area contributed by atoms with Crippen LogP contribution in [0.2, 0.25) is 0 Å². The van der Waals surface area contributed by atoms with Crippen molar-refractivity contribution in [3.05, 3.63) is 0 Å². The van der Waals surface area contributed by atoms with Gasteiger partial charge in [-0.3, -0.25) is 4.99 Å². The number of likely N-dealkylation sites (tertiary alicyclic amines) is 1. The number of carbonyl (C=O) groups is 1. The fourth-order valence-corrected chi connectivity index (χ4v) is 2.76. The number of ether oxygens (including phenoxy) is 1. The van der Waals surface area contributed by atoms with E-state index in [1.807, 2.05) is 37.4 Å². The SMILES string of the molecule is CCNC(=NCC1CCN(C(=O)OC(C)(C)C)CC1)NCCSC. The van der Waals surface area contributed by atoms with Gasteiger partial charge in [0.15, 0.2) is 5.96 Å². The topological polar surface area (TPSA) is 66.0 Å². The van der Waals surface area contributed by atoms with E-state index < -0.39 is 5.60 Å². The minimum Gasteiger partial charge on any atom is -0.444 e. The second kappa shape index (κ2) is 10.7. The van der Waals surface area contributed by atoms with Crippen molar-refractivity contribution in [3.63, 3.8) is 0 Å². The summed E-state index contributed by atoms with van der Waals surface area (Å²) in [5.41, 5.74) is -0.429. The first kappa shape index (κ1) is 20.9. The molecule has 7 heteroatoms. The molecular formula is C17H34N4O2S. The van der Waals surface area contributed by atoms with Crippen LogP contribution >= 0.6 is 11.8 Å². The molecule has 1 rings (SSSR count). The van der Waals surface area contributed by atoms with Crippen LogP contribution in [-0.2, 0) is 4.74 Å². The van der Waals surface area contributed by atoms with Crippen molar-refractivity contribution in [2.24, 2.45) is 10.9 Å². The van der Waals surface area contributed by atoms with Crippen molar-refractivity contribution in [2.75, 3.05) is 44.7 Å². The Labute approximate surface area is 151 Å². The second-order valence-corrected chi connectivity index (χ2v) is 8.04. The van der Waals surface area contributed by atoms with E-state index in [-0.39, 0.29) is 6.09 Å². The van der Waals surface area contributed by atoms with Gasteiger partial charge < -0.3 is 20.3 Å². The molecule has 0 aromatic carbocycles. The van der Waals surface area contributed by atoms with E-state index in [1.54, 1.807) is 0 Å². The molecule has 0 radical (unpaired) electrons. The summed E-state index contributed by atoms with van der Waals surface area (Å²) in [6.45, 7) is 11.9. The van der Waals surface area contributed by atoms with E-state index in [2.05, 4.69) is 28.8 Å². The monoisotopic (exact) mass is 358 g/mol. The molecule has 0 unspecified atom stereocenters. The third kappa shape index (κ3) is 8.66. The number of guanidine groups is 1. The summed E-state index contributed by atoms with van der Waals surface area (Å²) < 4.78 is 5.43. The molecule has 1 amide bonds. The minimum atomic E-state index is -0.429. The van der Waals surface area contributed by atoms with Crippen molar-refractivity contribution in [2.45, 2.75) is 46.1 Å². The van der Waals surface area contributed by atoms with Crippen molar-refractivity contribution in [1.29, 1.82) is 0 Å². The first-order valence-electron chi connectivity index (χ1n) is 8.84. The van der Waals surface area contributed by atoms with Crippen LogP contribution in [0.4, 0.5) is 4.79 Å². The number of carbonyl (C=O) groups excluding carboxylic acids is 1. The van der Waals surface area contributed by atoms with Gasteiger partial charge in [-0.25, -0.2) is 4.79 Å². The maximum Gasteiger partial charge on any atom is 0.410 e. The zero-order chi connectivity index (χ0) is 18.0. The van der Waals surface area contributed by atoms with Gasteiger partial charge in [0, 0.05) is 38.5 Å². The number of thioether (sulfide) groups is 1. The first-order valence-corrected chi connectivity index (χ1v) is 10.2. The average molecular weight is 359 g/mol. The molecule has 0 aliphatic carbocycles. The van der Waals surface area contributed by atoms with E-state index >= 15 is 0 Å². The summed E-state index contributed by atoms with van der Waals surface area (Å²) >= 11 is 1.82. The van der Waals surface area contributed by atoms with Crippen LogP contribution in [-0.4, -0.2) is 67.3 Å². The van der Waals surface area contributed by atoms with Gasteiger partial charge in [-0.05, 0) is 52.7 Å². The van der Waals surface area contributed by atoms with Gasteiger partial charge in [-0.2, -0.15) is 11.8 Å². The summed E-state index contributed by atoms with van der Waals surface area (Å²) in [5, 5.41) is 6.63. The molecule has 1 aliphatic rings. The van der Waals surface area contributed by atoms with Crippen molar-refractivity contribution < 1.29 is 9.53 Å². The average Bonchev–Trinajstić information content (AvgIpc) is 2.51. The lowest BCUT2D eigenvalue weighted by molar-refractivity contribution is 0.0187. The fourth-order valence-electron chi connectivity index (χ4n) is 2.46. The molecule has 1 fully saturated rings. The van der Waals surface area contributed by atoms with Crippen LogP contribution in [0.25, 0.3) is 0 Å². The van der Waals surface area contributed by atoms with Crippen molar-refractivity contribution >= 4 is 23.8 Å². The van der Waals surface area contributed by atoms with Crippen LogP contribution in [0.1, 0.15) is 40.5 Å². The Morgan fingerprint density at radius 2 is 1.96 bits per heavy atom. The predicted octanol–water partition coefficient (Wildman–Crippen LogP) is 2.55. The summed E-state index contributed by atoms with van der Waals surface area (Å²) in [6, 6.07) is 0. The van der Waals surface area contributed by atoms with Gasteiger partial charge in [-0.1, -0.05) is 0 Å². The number of hydrogen-bond donors (Lipinski definition) is 2. The molecule has 0 bridgehead atoms. The van der Waals surface area contributed by atoms with Gasteiger partial charge in [-0.15, -0.1) is 0 Å². The first-order chi connectivity index (χ1) is 11.4. The van der Waals surface area contributed by atoms with E-state index in [0.717, 1.165) is 57.3 Å². The van der Waals surface area contributed by atoms with E-state index in [1.165, 1.54) is 0 Å². The lowest BCUT2D eigenvalue weighted by Crippen LogP contribution is -2.42. The molecule has 24 heavy (non-hydrogen) atoms. The third-order valence-corrected chi connectivity index (χ3v) is 4.33. The minimum absolute atomic E-state index is 0.198. The van der Waals surface area contributed by atoms with Crippen molar-refractivity contribution in [1.82, 2.24) is 15.5 Å². The number of hydrogen-bond acceptors (Lipinski definition) is 4. The van der Waals surface area contributed by atoms with Gasteiger partial charge in [0.25, 0.3) is 0 Å². The highest BCUT2D eigenvalue weighted by molar-refractivity contribution is 7.98. The van der Waals surface area contributed by atoms with Gasteiger partial charge >= 0.3 is 6.09 Å². The Morgan fingerprint density at radius 1 is 1.29 bits per heavy atom. The quantitative estimate of drug-likeness (QED) is 0.434. The largest absolute Gasteiger partial charge is 0.444 e. The van der Waals surface area contributed by atoms with E-state index in [0.29, 0.717) is 5.92 Å². The number of piperidine rings is 1. The van der Waals surface area contributed by atoms with Gasteiger partial charge in [0.2, 0.25) is 0 Å². The summed E-state index contributed by atoms with van der Waals surface area (Å²) in [7, 11) is 0. The van der Waals surface area contributed by atoms with Crippen LogP contribution < -0.4 is 10.6 Å². The standard InChI is InChI=1S/C17H34N4O2S/c1-6-18-15(19-9-12-24-5)20-13-14-7-10-21(11-8-14)16(22)23-17(2,3)4/h14H,6-13H2,1-5H3,(H2,18,19,20). The summed E-state index contributed by atoms with van der Waals surface area (Å²) in [5.74, 6) is 2.49. The van der Waals surface area contributed by atoms with E-state index in [9.17, 15) is 4.79 Å². The van der Waals surface area contributed by atoms with Crippen LogP contribution in [0, 0.1) is 5.92 Å². The van der Waals surface area contributed by atoms with Gasteiger partial charge in [0.05, 0.1) is 0 Å². The lowest BCUT2D eigenvalue weighted by Gasteiger charge is -2.33. The molecule has 0 aromatic heterocycles. The molecular weight excluding hydrogens is 324 g/mol. The number of amides is 1. The predicted molar refractivity (Wildman–Crippen MR) is 103 cm³/mol. The molecule has 140 valence electrons. The molecule has 1 aliphatic heterocycles. The number of nitrogens with zero attached hydrogens (tertiary/aromatic N) is 2. The summed E-state index contributed by atoms with van der Waals surface area (Å²) in [4.78, 5) is 18.6. The normalized spacial score (nSPS) is 16.9. The van der Waals surface area contributed by atoms with E-state index in [4.69, 9.17) is 4.74 Å². The number of nitrogens with one attached hydrogen (secondary N) is 2. The molecule has 1 saturated heterocycles. The summed E-state index contributed by atoms with van der Waals surface area (Å²) in [6.07, 6.45) is 3.86. The third-order valence-electron chi connectivity index (χ3n) is 3.72. The number of aliphatic imine (C=N–C) groups is 1. The Hall–Kier alpha value is -1.11. The second-order valence-electron chi connectivity index (χ2n) is 7.05. The molecule has 0 aromatic rings. The molecule has 0 atom stereocenters. The lowest BCUT2D eigenvalue weighted by atomic mass is 9.97. The zero-order valence-electron chi connectivity index (χ0n) is 15.9. The molecule has 0 saturated carbocycles. The highest BCUT2D eigenvalue weighted by Gasteiger charge is 2.26. The Morgan fingerprint density at radius 3 is 2.50 bits per heavy atom. The molecule has 6 nitrogen and oxygen atoms in total. The van der Waals surface area contributed by atoms with Crippen LogP contribution in [0.3, 0.4) is 0 Å². The smallest absolute Gasteiger partial charge is 0.410 e. The highest BCUT2D eigenvalue weighted by Crippen LogP contribution is 2.19. The molecule has 0 spiro atoms. The zero-order valence-corrected chi connectivity index (χ0v) is 16.7. The maximum absolute atomic E-state index is 12.1. The maximum atomic E-state index is 12.1. The Balaban J connectivity index is 2.38. The molecule has 1 heterocycles. The Kier molecular flexibility index (Phi) is 9.33.